The molecule has 0 atom stereocenters. The molecule has 41 valence electrons. The minimum atomic E-state index is -2.86. The minimum Gasteiger partial charge on any atom is -0.320 e. The van der Waals surface area contributed by atoms with E-state index in [1.807, 2.05) is 0 Å². The van der Waals surface area contributed by atoms with Crippen LogP contribution in [-0.4, -0.2) is 12.7 Å². The summed E-state index contributed by atoms with van der Waals surface area (Å²) >= 11 is 0. The molecule has 0 aromatic heterocycles. The molecule has 1 radical (unpaired) electrons. The van der Waals surface area contributed by atoms with Crippen LogP contribution in [0.15, 0.2) is 0 Å². The monoisotopic (exact) mass is 107 g/mol. The summed E-state index contributed by atoms with van der Waals surface area (Å²) in [7, 11) is 0. The Morgan fingerprint density at radius 3 is 2.43 bits per heavy atom. The minimum absolute atomic E-state index is 0.0903. The predicted molar refractivity (Wildman–Crippen MR) is 19.8 cm³/mol. The first-order chi connectivity index (χ1) is 3.21. The number of hydrogen-bond acceptors (Lipinski definition) is 1. The summed E-state index contributed by atoms with van der Waals surface area (Å²) in [5.74, 6) is 0. The van der Waals surface area contributed by atoms with Crippen LogP contribution in [0.1, 0.15) is 6.42 Å². The largest absolute Gasteiger partial charge is 0.356 e. The van der Waals surface area contributed by atoms with E-state index in [1.165, 1.54) is 6.42 Å². The first kappa shape index (κ1) is 4.97. The summed E-state index contributed by atoms with van der Waals surface area (Å²) in [6.45, 7) is 0.0903. The molecule has 0 bridgehead atoms. The summed E-state index contributed by atoms with van der Waals surface area (Å²) in [6, 6.07) is 0. The topological polar surface area (TPSA) is 9.23 Å². The highest BCUT2D eigenvalue weighted by Gasteiger charge is 2.34. The molecular formula is C4H5F2O. The second kappa shape index (κ2) is 1.40. The highest BCUT2D eigenvalue weighted by Crippen LogP contribution is 2.26. The predicted octanol–water partition coefficient (Wildman–Crippen LogP) is 1.20. The number of ether oxygens (including phenoxy) is 1. The van der Waals surface area contributed by atoms with Crippen LogP contribution in [0.3, 0.4) is 0 Å². The lowest BCUT2D eigenvalue weighted by molar-refractivity contribution is -0.205. The second-order valence-corrected chi connectivity index (χ2v) is 1.44. The highest BCUT2D eigenvalue weighted by molar-refractivity contribution is 4.76. The Morgan fingerprint density at radius 1 is 1.57 bits per heavy atom. The van der Waals surface area contributed by atoms with E-state index in [1.54, 1.807) is 0 Å². The zero-order valence-corrected chi connectivity index (χ0v) is 3.66. The van der Waals surface area contributed by atoms with E-state index in [9.17, 15) is 8.78 Å². The molecule has 1 aliphatic heterocycles. The maximum Gasteiger partial charge on any atom is 0.356 e. The first-order valence-electron chi connectivity index (χ1n) is 2.04. The number of rotatable bonds is 0. The smallest absolute Gasteiger partial charge is 0.320 e. The fourth-order valence-electron chi connectivity index (χ4n) is 0.467. The lowest BCUT2D eigenvalue weighted by Gasteiger charge is -2.03. The molecule has 1 rings (SSSR count). The molecule has 0 aliphatic carbocycles. The average Bonchev–Trinajstić information content (AvgIpc) is 1.84. The molecule has 0 saturated carbocycles. The molecule has 0 spiro atoms. The van der Waals surface area contributed by atoms with E-state index in [4.69, 9.17) is 0 Å². The van der Waals surface area contributed by atoms with Crippen molar-refractivity contribution in [3.05, 3.63) is 6.42 Å². The fourth-order valence-corrected chi connectivity index (χ4v) is 0.467. The Kier molecular flexibility index (Phi) is 0.995. The van der Waals surface area contributed by atoms with Crippen LogP contribution < -0.4 is 0 Å². The van der Waals surface area contributed by atoms with Crippen LogP contribution in [-0.2, 0) is 4.74 Å². The summed E-state index contributed by atoms with van der Waals surface area (Å²) in [5, 5.41) is 0. The molecular weight excluding hydrogens is 102 g/mol. The second-order valence-electron chi connectivity index (χ2n) is 1.44. The lowest BCUT2D eigenvalue weighted by Crippen LogP contribution is -2.11. The van der Waals surface area contributed by atoms with Crippen molar-refractivity contribution >= 4 is 0 Å². The molecule has 0 aromatic carbocycles. The Balaban J connectivity index is 2.40. The van der Waals surface area contributed by atoms with Crippen LogP contribution in [0.2, 0.25) is 0 Å². The molecule has 7 heavy (non-hydrogen) atoms. The Labute approximate surface area is 40.3 Å². The van der Waals surface area contributed by atoms with Gasteiger partial charge in [0.2, 0.25) is 0 Å². The normalized spacial score (nSPS) is 28.3. The van der Waals surface area contributed by atoms with Crippen molar-refractivity contribution in [3.63, 3.8) is 0 Å². The van der Waals surface area contributed by atoms with Gasteiger partial charge in [-0.2, -0.15) is 8.78 Å². The quantitative estimate of drug-likeness (QED) is 0.452. The summed E-state index contributed by atoms with van der Waals surface area (Å²) in [6.07, 6.45) is -1.67. The zero-order valence-electron chi connectivity index (χ0n) is 3.66. The van der Waals surface area contributed by atoms with Gasteiger partial charge in [-0.3, -0.25) is 0 Å². The molecule has 0 amide bonds. The maximum absolute atomic E-state index is 11.7. The van der Waals surface area contributed by atoms with E-state index in [-0.39, 0.29) is 13.0 Å². The Bertz CT molecular complexity index is 64.1. The molecule has 1 nitrogen and oxygen atoms in total. The Morgan fingerprint density at radius 2 is 2.29 bits per heavy atom. The number of hydrogen-bond donors (Lipinski definition) is 0. The van der Waals surface area contributed by atoms with Crippen LogP contribution in [0.5, 0.6) is 0 Å². The van der Waals surface area contributed by atoms with Gasteiger partial charge < -0.3 is 4.74 Å². The van der Waals surface area contributed by atoms with E-state index in [0.29, 0.717) is 0 Å². The lowest BCUT2D eigenvalue weighted by atomic mass is 10.4. The van der Waals surface area contributed by atoms with Crippen molar-refractivity contribution in [2.24, 2.45) is 0 Å². The summed E-state index contributed by atoms with van der Waals surface area (Å²) < 4.78 is 27.3. The van der Waals surface area contributed by atoms with Gasteiger partial charge in [-0.05, 0) is 6.42 Å². The van der Waals surface area contributed by atoms with E-state index < -0.39 is 6.11 Å². The van der Waals surface area contributed by atoms with Crippen molar-refractivity contribution in [2.45, 2.75) is 12.5 Å². The number of halogens is 2. The van der Waals surface area contributed by atoms with Gasteiger partial charge in [0.05, 0.1) is 6.61 Å². The molecule has 3 heteroatoms. The third-order valence-corrected chi connectivity index (χ3v) is 0.794. The van der Waals surface area contributed by atoms with Crippen LogP contribution in [0.25, 0.3) is 0 Å². The Hall–Kier alpha value is -0.180. The molecule has 0 N–H and O–H groups in total. The van der Waals surface area contributed by atoms with Gasteiger partial charge in [0, 0.05) is 6.42 Å². The van der Waals surface area contributed by atoms with Crippen molar-refractivity contribution in [1.82, 2.24) is 0 Å². The zero-order chi connectivity index (χ0) is 5.33. The molecule has 1 heterocycles. The van der Waals surface area contributed by atoms with Crippen molar-refractivity contribution in [3.8, 4) is 0 Å². The molecule has 0 unspecified atom stereocenters. The van der Waals surface area contributed by atoms with Gasteiger partial charge in [-0.25, -0.2) is 0 Å². The van der Waals surface area contributed by atoms with E-state index in [2.05, 4.69) is 4.74 Å². The molecule has 1 aliphatic rings. The van der Waals surface area contributed by atoms with Gasteiger partial charge in [-0.1, -0.05) is 0 Å². The highest BCUT2D eigenvalue weighted by atomic mass is 19.3. The van der Waals surface area contributed by atoms with Crippen LogP contribution >= 0.6 is 0 Å². The van der Waals surface area contributed by atoms with Gasteiger partial charge in [0.1, 0.15) is 0 Å². The SMILES string of the molecule is FC1(F)C[CH]CO1. The van der Waals surface area contributed by atoms with Crippen molar-refractivity contribution in [2.75, 3.05) is 6.61 Å². The van der Waals surface area contributed by atoms with Gasteiger partial charge in [-0.15, -0.1) is 0 Å². The third kappa shape index (κ3) is 1.09. The standard InChI is InChI=1S/C4H5F2O/c5-4(6)2-1-3-7-4/h1H,2-3H2. The molecule has 0 aromatic rings. The van der Waals surface area contributed by atoms with Gasteiger partial charge in [0.15, 0.2) is 0 Å². The van der Waals surface area contributed by atoms with E-state index in [0.717, 1.165) is 0 Å². The van der Waals surface area contributed by atoms with E-state index >= 15 is 0 Å². The number of alkyl halides is 2. The van der Waals surface area contributed by atoms with Crippen LogP contribution in [0, 0.1) is 6.42 Å². The fraction of sp³-hybridized carbons (Fsp3) is 0.750. The van der Waals surface area contributed by atoms with Gasteiger partial charge >= 0.3 is 6.11 Å². The van der Waals surface area contributed by atoms with Crippen LogP contribution in [0.4, 0.5) is 8.78 Å². The first-order valence-corrected chi connectivity index (χ1v) is 2.04. The third-order valence-electron chi connectivity index (χ3n) is 0.794. The summed E-state index contributed by atoms with van der Waals surface area (Å²) in [4.78, 5) is 0. The molecule has 1 saturated heterocycles. The average molecular weight is 107 g/mol. The van der Waals surface area contributed by atoms with Crippen molar-refractivity contribution in [1.29, 1.82) is 0 Å². The maximum atomic E-state index is 11.7. The van der Waals surface area contributed by atoms with Gasteiger partial charge in [0.25, 0.3) is 0 Å². The molecule has 1 fully saturated rings. The van der Waals surface area contributed by atoms with Crippen molar-refractivity contribution < 1.29 is 13.5 Å². The summed E-state index contributed by atoms with van der Waals surface area (Å²) in [5.41, 5.74) is 0.